The number of aromatic nitrogens is 1. The van der Waals surface area contributed by atoms with Gasteiger partial charge in [-0.3, -0.25) is 9.69 Å². The number of nitrogens with two attached hydrogens (primary N) is 1. The lowest BCUT2D eigenvalue weighted by molar-refractivity contribution is -0.115. The summed E-state index contributed by atoms with van der Waals surface area (Å²) in [6.07, 6.45) is 1.56. The highest BCUT2D eigenvalue weighted by Crippen LogP contribution is 2.37. The first kappa shape index (κ1) is 12.3. The van der Waals surface area contributed by atoms with Crippen LogP contribution < -0.4 is 20.1 Å². The molecule has 1 amide bonds. The van der Waals surface area contributed by atoms with Crippen molar-refractivity contribution < 1.29 is 14.3 Å². The summed E-state index contributed by atoms with van der Waals surface area (Å²) < 4.78 is 10.6. The van der Waals surface area contributed by atoms with Gasteiger partial charge in [-0.2, -0.15) is 0 Å². The summed E-state index contributed by atoms with van der Waals surface area (Å²) in [7, 11) is 0. The molecule has 2 N–H and O–H groups in total. The van der Waals surface area contributed by atoms with E-state index >= 15 is 0 Å². The standard InChI is InChI=1S/C14H13N3O3/c1-9(18)17(14-6-10(15)4-5-16-14)11-2-3-12-13(7-11)20-8-19-12/h2-7H,8H2,1H3,(H2,15,16). The Morgan fingerprint density at radius 1 is 1.25 bits per heavy atom. The molecule has 2 heterocycles. The lowest BCUT2D eigenvalue weighted by Crippen LogP contribution is -2.23. The number of rotatable bonds is 2. The Bertz CT molecular complexity index is 672. The molecule has 20 heavy (non-hydrogen) atoms. The van der Waals surface area contributed by atoms with Gasteiger partial charge in [-0.05, 0) is 18.2 Å². The number of ether oxygens (including phenoxy) is 2. The molecule has 0 unspecified atom stereocenters. The quantitative estimate of drug-likeness (QED) is 0.904. The predicted octanol–water partition coefficient (Wildman–Crippen LogP) is 2.08. The van der Waals surface area contributed by atoms with Crippen LogP contribution >= 0.6 is 0 Å². The molecule has 6 nitrogen and oxygen atoms in total. The lowest BCUT2D eigenvalue weighted by atomic mass is 10.2. The molecule has 102 valence electrons. The minimum Gasteiger partial charge on any atom is -0.454 e. The van der Waals surface area contributed by atoms with Crippen LogP contribution in [-0.4, -0.2) is 17.7 Å². The van der Waals surface area contributed by atoms with E-state index in [1.807, 2.05) is 0 Å². The van der Waals surface area contributed by atoms with Gasteiger partial charge in [0.1, 0.15) is 5.82 Å². The van der Waals surface area contributed by atoms with Crippen LogP contribution in [0.1, 0.15) is 6.92 Å². The van der Waals surface area contributed by atoms with Crippen LogP contribution in [0.25, 0.3) is 0 Å². The van der Waals surface area contributed by atoms with Crippen LogP contribution in [-0.2, 0) is 4.79 Å². The first-order valence-electron chi connectivity index (χ1n) is 6.07. The highest BCUT2D eigenvalue weighted by Gasteiger charge is 2.20. The molecule has 1 aromatic heterocycles. The molecular weight excluding hydrogens is 258 g/mol. The van der Waals surface area contributed by atoms with E-state index in [1.165, 1.54) is 11.8 Å². The number of amides is 1. The van der Waals surface area contributed by atoms with Crippen molar-refractivity contribution in [2.24, 2.45) is 0 Å². The van der Waals surface area contributed by atoms with Crippen LogP contribution in [0.3, 0.4) is 0 Å². The summed E-state index contributed by atoms with van der Waals surface area (Å²) >= 11 is 0. The molecule has 0 saturated heterocycles. The number of anilines is 3. The van der Waals surface area contributed by atoms with Gasteiger partial charge in [-0.15, -0.1) is 0 Å². The van der Waals surface area contributed by atoms with Crippen molar-refractivity contribution >= 4 is 23.1 Å². The second-order valence-corrected chi connectivity index (χ2v) is 4.34. The second kappa shape index (κ2) is 4.73. The van der Waals surface area contributed by atoms with Gasteiger partial charge in [0.15, 0.2) is 11.5 Å². The molecule has 0 saturated carbocycles. The van der Waals surface area contributed by atoms with E-state index in [9.17, 15) is 4.79 Å². The van der Waals surface area contributed by atoms with E-state index in [2.05, 4.69) is 4.98 Å². The zero-order chi connectivity index (χ0) is 14.1. The summed E-state index contributed by atoms with van der Waals surface area (Å²) in [5.74, 6) is 1.58. The minimum atomic E-state index is -0.165. The second-order valence-electron chi connectivity index (χ2n) is 4.34. The van der Waals surface area contributed by atoms with Crippen molar-refractivity contribution in [3.63, 3.8) is 0 Å². The molecule has 1 aliphatic heterocycles. The molecule has 0 aliphatic carbocycles. The Hall–Kier alpha value is -2.76. The van der Waals surface area contributed by atoms with E-state index in [1.54, 1.807) is 36.5 Å². The number of carbonyl (C=O) groups excluding carboxylic acids is 1. The first-order chi connectivity index (χ1) is 9.65. The molecule has 6 heteroatoms. The smallest absolute Gasteiger partial charge is 0.231 e. The highest BCUT2D eigenvalue weighted by molar-refractivity contribution is 5.98. The average Bonchev–Trinajstić information content (AvgIpc) is 2.86. The minimum absolute atomic E-state index is 0.165. The number of nitrogens with zero attached hydrogens (tertiary/aromatic N) is 2. The maximum Gasteiger partial charge on any atom is 0.231 e. The lowest BCUT2D eigenvalue weighted by Gasteiger charge is -2.20. The zero-order valence-electron chi connectivity index (χ0n) is 10.9. The van der Waals surface area contributed by atoms with Crippen molar-refractivity contribution in [3.8, 4) is 11.5 Å². The average molecular weight is 271 g/mol. The Kier molecular flexibility index (Phi) is 2.90. The van der Waals surface area contributed by atoms with Crippen LogP contribution in [0.2, 0.25) is 0 Å². The van der Waals surface area contributed by atoms with Gasteiger partial charge < -0.3 is 15.2 Å². The number of pyridine rings is 1. The molecule has 0 atom stereocenters. The molecule has 1 aromatic carbocycles. The van der Waals surface area contributed by atoms with E-state index in [4.69, 9.17) is 15.2 Å². The van der Waals surface area contributed by atoms with Gasteiger partial charge in [0.25, 0.3) is 0 Å². The SMILES string of the molecule is CC(=O)N(c1ccc2c(c1)OCO2)c1cc(N)ccn1. The number of benzene rings is 1. The van der Waals surface area contributed by atoms with Gasteiger partial charge in [-0.1, -0.05) is 0 Å². The third-order valence-corrected chi connectivity index (χ3v) is 2.93. The topological polar surface area (TPSA) is 77.7 Å². The highest BCUT2D eigenvalue weighted by atomic mass is 16.7. The number of fused-ring (bicyclic) bond motifs is 1. The van der Waals surface area contributed by atoms with Crippen molar-refractivity contribution in [2.45, 2.75) is 6.92 Å². The fourth-order valence-corrected chi connectivity index (χ4v) is 2.06. The maximum absolute atomic E-state index is 11.9. The van der Waals surface area contributed by atoms with Crippen molar-refractivity contribution in [2.75, 3.05) is 17.4 Å². The molecular formula is C14H13N3O3. The summed E-state index contributed by atoms with van der Waals surface area (Å²) in [6, 6.07) is 8.60. The predicted molar refractivity (Wildman–Crippen MR) is 74.0 cm³/mol. The van der Waals surface area contributed by atoms with Gasteiger partial charge in [0.2, 0.25) is 12.7 Å². The van der Waals surface area contributed by atoms with Crippen molar-refractivity contribution in [3.05, 3.63) is 36.5 Å². The third-order valence-electron chi connectivity index (χ3n) is 2.93. The molecule has 2 aromatic rings. The first-order valence-corrected chi connectivity index (χ1v) is 6.07. The largest absolute Gasteiger partial charge is 0.454 e. The van der Waals surface area contributed by atoms with E-state index in [-0.39, 0.29) is 12.7 Å². The van der Waals surface area contributed by atoms with Crippen LogP contribution in [0, 0.1) is 0 Å². The van der Waals surface area contributed by atoms with E-state index in [0.717, 1.165) is 0 Å². The summed E-state index contributed by atoms with van der Waals surface area (Å²) in [6.45, 7) is 1.66. The zero-order valence-corrected chi connectivity index (χ0v) is 10.9. The third kappa shape index (κ3) is 2.11. The van der Waals surface area contributed by atoms with E-state index < -0.39 is 0 Å². The molecule has 1 aliphatic rings. The number of nitrogen functional groups attached to an aromatic ring is 1. The molecule has 0 radical (unpaired) electrons. The number of carbonyl (C=O) groups is 1. The monoisotopic (exact) mass is 271 g/mol. The Labute approximate surface area is 115 Å². The number of hydrogen-bond acceptors (Lipinski definition) is 5. The molecule has 3 rings (SSSR count). The van der Waals surface area contributed by atoms with Gasteiger partial charge in [0, 0.05) is 30.9 Å². The summed E-state index contributed by atoms with van der Waals surface area (Å²) in [5.41, 5.74) is 6.94. The van der Waals surface area contributed by atoms with Gasteiger partial charge in [-0.25, -0.2) is 4.98 Å². The number of hydrogen-bond donors (Lipinski definition) is 1. The van der Waals surface area contributed by atoms with Gasteiger partial charge >= 0.3 is 0 Å². The normalized spacial score (nSPS) is 12.2. The van der Waals surface area contributed by atoms with E-state index in [0.29, 0.717) is 28.7 Å². The van der Waals surface area contributed by atoms with Crippen molar-refractivity contribution in [1.29, 1.82) is 0 Å². The van der Waals surface area contributed by atoms with Crippen LogP contribution in [0.5, 0.6) is 11.5 Å². The van der Waals surface area contributed by atoms with Crippen molar-refractivity contribution in [1.82, 2.24) is 4.98 Å². The fourth-order valence-electron chi connectivity index (χ4n) is 2.06. The fraction of sp³-hybridized carbons (Fsp3) is 0.143. The van der Waals surface area contributed by atoms with Gasteiger partial charge in [0.05, 0.1) is 5.69 Å². The van der Waals surface area contributed by atoms with Crippen LogP contribution in [0.4, 0.5) is 17.2 Å². The molecule has 0 spiro atoms. The Morgan fingerprint density at radius 3 is 2.80 bits per heavy atom. The molecule has 0 fully saturated rings. The molecule has 0 bridgehead atoms. The Balaban J connectivity index is 2.05. The van der Waals surface area contributed by atoms with Crippen LogP contribution in [0.15, 0.2) is 36.5 Å². The maximum atomic E-state index is 11.9. The Morgan fingerprint density at radius 2 is 2.05 bits per heavy atom. The summed E-state index contributed by atoms with van der Waals surface area (Å²) in [5, 5.41) is 0. The summed E-state index contributed by atoms with van der Waals surface area (Å²) in [4.78, 5) is 17.6.